The Balaban J connectivity index is 2.88. The Kier molecular flexibility index (Phi) is 5.71. The lowest BCUT2D eigenvalue weighted by atomic mass is 9.88. The molecule has 1 aromatic rings. The smallest absolute Gasteiger partial charge is 0.308 e. The molecule has 5 nitrogen and oxygen atoms in total. The van der Waals surface area contributed by atoms with Crippen molar-refractivity contribution in [2.45, 2.75) is 37.5 Å². The summed E-state index contributed by atoms with van der Waals surface area (Å²) in [4.78, 5) is 11.3. The van der Waals surface area contributed by atoms with Crippen molar-refractivity contribution in [2.75, 3.05) is 7.11 Å². The van der Waals surface area contributed by atoms with E-state index in [1.807, 2.05) is 6.92 Å². The number of ether oxygens (including phenoxy) is 1. The van der Waals surface area contributed by atoms with E-state index in [2.05, 4.69) is 0 Å². The molecule has 6 heteroatoms. The van der Waals surface area contributed by atoms with Crippen LogP contribution in [0.15, 0.2) is 29.2 Å². The lowest BCUT2D eigenvalue weighted by molar-refractivity contribution is -0.145. The summed E-state index contributed by atoms with van der Waals surface area (Å²) >= 11 is 0. The molecule has 0 spiro atoms. The molecule has 0 heterocycles. The summed E-state index contributed by atoms with van der Waals surface area (Å²) in [5.74, 6) is -0.330. The topological polar surface area (TPSA) is 80.7 Å². The van der Waals surface area contributed by atoms with Crippen LogP contribution in [0.2, 0.25) is 0 Å². The maximum atomic E-state index is 11.4. The van der Waals surface area contributed by atoms with Crippen LogP contribution in [0.1, 0.15) is 38.2 Å². The predicted octanol–water partition coefficient (Wildman–Crippen LogP) is 2.63. The van der Waals surface area contributed by atoms with E-state index in [9.17, 15) is 13.2 Å². The molecular weight excluding hydrogens is 280 g/mol. The van der Waals surface area contributed by atoms with E-state index in [-0.39, 0.29) is 22.7 Å². The standard InChI is InChI=1S/C14H20O5S/c1-4-11(9-10(2)14(15)19-3)12-5-7-13(8-6-12)20(16,17)18/h5-8,10-11H,4,9H2,1-3H3,(H,16,17,18). The molecule has 0 radical (unpaired) electrons. The second kappa shape index (κ2) is 6.85. The number of benzene rings is 1. The van der Waals surface area contributed by atoms with Gasteiger partial charge in [0, 0.05) is 0 Å². The highest BCUT2D eigenvalue weighted by atomic mass is 32.2. The second-order valence-corrected chi connectivity index (χ2v) is 6.23. The first-order valence-electron chi connectivity index (χ1n) is 6.44. The van der Waals surface area contributed by atoms with Crippen LogP contribution in [-0.4, -0.2) is 26.0 Å². The van der Waals surface area contributed by atoms with Gasteiger partial charge < -0.3 is 4.74 Å². The molecule has 0 saturated carbocycles. The summed E-state index contributed by atoms with van der Waals surface area (Å²) in [6.45, 7) is 3.81. The fourth-order valence-electron chi connectivity index (χ4n) is 2.17. The summed E-state index contributed by atoms with van der Waals surface area (Å²) in [5.41, 5.74) is 0.940. The average Bonchev–Trinajstić information content (AvgIpc) is 2.42. The SMILES string of the molecule is CCC(CC(C)C(=O)OC)c1ccc(S(=O)(=O)O)cc1. The normalized spacial score (nSPS) is 14.6. The quantitative estimate of drug-likeness (QED) is 0.645. The van der Waals surface area contributed by atoms with Crippen molar-refractivity contribution in [2.24, 2.45) is 5.92 Å². The zero-order chi connectivity index (χ0) is 15.3. The van der Waals surface area contributed by atoms with E-state index in [0.29, 0.717) is 6.42 Å². The zero-order valence-corrected chi connectivity index (χ0v) is 12.7. The monoisotopic (exact) mass is 300 g/mol. The molecule has 1 aromatic carbocycles. The number of carbonyl (C=O) groups is 1. The van der Waals surface area contributed by atoms with Crippen LogP contribution >= 0.6 is 0 Å². The fraction of sp³-hybridized carbons (Fsp3) is 0.500. The Labute approximate surface area is 119 Å². The molecule has 0 aromatic heterocycles. The molecule has 0 aliphatic rings. The molecule has 0 fully saturated rings. The first-order valence-corrected chi connectivity index (χ1v) is 7.88. The van der Waals surface area contributed by atoms with E-state index >= 15 is 0 Å². The van der Waals surface area contributed by atoms with Gasteiger partial charge in [0.05, 0.1) is 17.9 Å². The Morgan fingerprint density at radius 2 is 1.85 bits per heavy atom. The summed E-state index contributed by atoms with van der Waals surface area (Å²) in [5, 5.41) is 0. The molecule has 20 heavy (non-hydrogen) atoms. The molecule has 0 aliphatic carbocycles. The Morgan fingerprint density at radius 3 is 2.25 bits per heavy atom. The van der Waals surface area contributed by atoms with Crippen LogP contribution in [0.3, 0.4) is 0 Å². The van der Waals surface area contributed by atoms with Crippen molar-refractivity contribution >= 4 is 16.1 Å². The van der Waals surface area contributed by atoms with Crippen LogP contribution in [0.4, 0.5) is 0 Å². The van der Waals surface area contributed by atoms with Gasteiger partial charge in [-0.25, -0.2) is 0 Å². The fourth-order valence-corrected chi connectivity index (χ4v) is 2.65. The maximum Gasteiger partial charge on any atom is 0.308 e. The number of hydrogen-bond acceptors (Lipinski definition) is 4. The third-order valence-electron chi connectivity index (χ3n) is 3.38. The second-order valence-electron chi connectivity index (χ2n) is 4.81. The van der Waals surface area contributed by atoms with Crippen LogP contribution in [-0.2, 0) is 19.6 Å². The Bertz CT molecular complexity index is 547. The van der Waals surface area contributed by atoms with Crippen LogP contribution in [0.25, 0.3) is 0 Å². The summed E-state index contributed by atoms with van der Waals surface area (Å²) in [6, 6.07) is 6.08. The molecule has 1 N–H and O–H groups in total. The zero-order valence-electron chi connectivity index (χ0n) is 11.9. The highest BCUT2D eigenvalue weighted by molar-refractivity contribution is 7.85. The Hall–Kier alpha value is -1.40. The molecule has 112 valence electrons. The lowest BCUT2D eigenvalue weighted by Gasteiger charge is -2.19. The summed E-state index contributed by atoms with van der Waals surface area (Å²) < 4.78 is 35.6. The average molecular weight is 300 g/mol. The lowest BCUT2D eigenvalue weighted by Crippen LogP contribution is -2.16. The van der Waals surface area contributed by atoms with E-state index in [4.69, 9.17) is 9.29 Å². The number of rotatable bonds is 6. The largest absolute Gasteiger partial charge is 0.469 e. The van der Waals surface area contributed by atoms with Crippen molar-refractivity contribution in [3.8, 4) is 0 Å². The van der Waals surface area contributed by atoms with Gasteiger partial charge in [0.2, 0.25) is 0 Å². The van der Waals surface area contributed by atoms with E-state index in [1.165, 1.54) is 19.2 Å². The van der Waals surface area contributed by atoms with Crippen LogP contribution in [0, 0.1) is 5.92 Å². The molecule has 0 amide bonds. The van der Waals surface area contributed by atoms with Gasteiger partial charge in [-0.05, 0) is 36.5 Å². The minimum absolute atomic E-state index is 0.128. The van der Waals surface area contributed by atoms with Crippen molar-refractivity contribution in [1.29, 1.82) is 0 Å². The highest BCUT2D eigenvalue weighted by Crippen LogP contribution is 2.28. The van der Waals surface area contributed by atoms with Crippen molar-refractivity contribution in [3.63, 3.8) is 0 Å². The van der Waals surface area contributed by atoms with Gasteiger partial charge in [0.15, 0.2) is 0 Å². The van der Waals surface area contributed by atoms with E-state index in [1.54, 1.807) is 19.1 Å². The highest BCUT2D eigenvalue weighted by Gasteiger charge is 2.20. The van der Waals surface area contributed by atoms with Gasteiger partial charge in [-0.3, -0.25) is 9.35 Å². The van der Waals surface area contributed by atoms with Gasteiger partial charge in [-0.15, -0.1) is 0 Å². The van der Waals surface area contributed by atoms with Gasteiger partial charge in [0.1, 0.15) is 0 Å². The van der Waals surface area contributed by atoms with Crippen LogP contribution in [0.5, 0.6) is 0 Å². The maximum absolute atomic E-state index is 11.4. The minimum atomic E-state index is -4.17. The third-order valence-corrected chi connectivity index (χ3v) is 4.25. The molecule has 2 unspecified atom stereocenters. The summed E-state index contributed by atoms with van der Waals surface area (Å²) in [7, 11) is -2.80. The molecule has 0 bridgehead atoms. The number of esters is 1. The first-order chi connectivity index (χ1) is 9.29. The van der Waals surface area contributed by atoms with Gasteiger partial charge in [-0.1, -0.05) is 26.0 Å². The number of hydrogen-bond donors (Lipinski definition) is 1. The molecule has 2 atom stereocenters. The Morgan fingerprint density at radius 1 is 1.30 bits per heavy atom. The van der Waals surface area contributed by atoms with Gasteiger partial charge in [0.25, 0.3) is 10.1 Å². The third kappa shape index (κ3) is 4.31. The van der Waals surface area contributed by atoms with E-state index < -0.39 is 10.1 Å². The number of methoxy groups -OCH3 is 1. The molecule has 0 aliphatic heterocycles. The van der Waals surface area contributed by atoms with Gasteiger partial charge in [-0.2, -0.15) is 8.42 Å². The number of carbonyl (C=O) groups excluding carboxylic acids is 1. The summed E-state index contributed by atoms with van der Waals surface area (Å²) in [6.07, 6.45) is 1.46. The van der Waals surface area contributed by atoms with Gasteiger partial charge >= 0.3 is 5.97 Å². The van der Waals surface area contributed by atoms with Crippen molar-refractivity contribution in [3.05, 3.63) is 29.8 Å². The van der Waals surface area contributed by atoms with Crippen molar-refractivity contribution < 1.29 is 22.5 Å². The van der Waals surface area contributed by atoms with Crippen LogP contribution < -0.4 is 0 Å². The predicted molar refractivity (Wildman–Crippen MR) is 75.1 cm³/mol. The molecule has 0 saturated heterocycles. The minimum Gasteiger partial charge on any atom is -0.469 e. The molecular formula is C14H20O5S. The van der Waals surface area contributed by atoms with E-state index in [0.717, 1.165) is 12.0 Å². The molecule has 1 rings (SSSR count). The van der Waals surface area contributed by atoms with Crippen molar-refractivity contribution in [1.82, 2.24) is 0 Å². The first kappa shape index (κ1) is 16.7.